The second-order valence-electron chi connectivity index (χ2n) is 6.25. The van der Waals surface area contributed by atoms with E-state index in [4.69, 9.17) is 0 Å². The first-order valence-electron chi connectivity index (χ1n) is 8.16. The molecule has 132 valence electrons. The first kappa shape index (κ1) is 17.8. The zero-order valence-electron chi connectivity index (χ0n) is 14.4. The van der Waals surface area contributed by atoms with Crippen LogP contribution in [-0.4, -0.2) is 24.7 Å². The van der Waals surface area contributed by atoms with Crippen molar-refractivity contribution in [2.75, 3.05) is 5.32 Å². The Bertz CT molecular complexity index is 1060. The maximum atomic E-state index is 10.8. The number of rotatable bonds is 5. The molecule has 6 nitrogen and oxygen atoms in total. The lowest BCUT2D eigenvalue weighted by Gasteiger charge is -2.14. The maximum absolute atomic E-state index is 10.8. The van der Waals surface area contributed by atoms with E-state index in [1.165, 1.54) is 0 Å². The van der Waals surface area contributed by atoms with Crippen molar-refractivity contribution >= 4 is 27.3 Å². The van der Waals surface area contributed by atoms with Crippen LogP contribution in [0.5, 0.6) is 0 Å². The van der Waals surface area contributed by atoms with E-state index in [0.29, 0.717) is 11.2 Å². The van der Waals surface area contributed by atoms with Crippen LogP contribution < -0.4 is 5.32 Å². The van der Waals surface area contributed by atoms with Crippen LogP contribution in [0.1, 0.15) is 25.1 Å². The molecular formula is C19H18N4O2S. The van der Waals surface area contributed by atoms with Crippen LogP contribution >= 0.6 is 0 Å². The molecule has 0 aliphatic rings. The average molecular weight is 366 g/mol. The molecule has 0 amide bonds. The molecule has 0 saturated heterocycles. The number of nitriles is 1. The summed E-state index contributed by atoms with van der Waals surface area (Å²) in [5.74, 6) is 0.0386. The Balaban J connectivity index is 2.09. The number of fused-ring (bicyclic) bond motifs is 1. The van der Waals surface area contributed by atoms with Gasteiger partial charge < -0.3 is 5.32 Å². The van der Waals surface area contributed by atoms with E-state index in [1.54, 1.807) is 0 Å². The van der Waals surface area contributed by atoms with Gasteiger partial charge in [0.2, 0.25) is 0 Å². The van der Waals surface area contributed by atoms with Crippen LogP contribution in [0.25, 0.3) is 22.0 Å². The van der Waals surface area contributed by atoms with Crippen LogP contribution in [0.3, 0.4) is 0 Å². The van der Waals surface area contributed by atoms with Gasteiger partial charge in [-0.25, -0.2) is 8.42 Å². The Morgan fingerprint density at radius 2 is 1.77 bits per heavy atom. The summed E-state index contributed by atoms with van der Waals surface area (Å²) in [6.07, 6.45) is 0. The third kappa shape index (κ3) is 3.81. The summed E-state index contributed by atoms with van der Waals surface area (Å²) >= 11 is 0. The van der Waals surface area contributed by atoms with E-state index in [2.05, 4.69) is 21.6 Å². The third-order valence-electron chi connectivity index (χ3n) is 3.90. The Morgan fingerprint density at radius 3 is 2.38 bits per heavy atom. The van der Waals surface area contributed by atoms with Gasteiger partial charge in [0.15, 0.2) is 5.69 Å². The van der Waals surface area contributed by atoms with Crippen molar-refractivity contribution in [3.05, 3.63) is 53.7 Å². The molecule has 0 bridgehead atoms. The number of hydrogen-bond acceptors (Lipinski definition) is 6. The Kier molecular flexibility index (Phi) is 5.14. The lowest BCUT2D eigenvalue weighted by atomic mass is 10.0. The summed E-state index contributed by atoms with van der Waals surface area (Å²) in [4.78, 5) is 0. The van der Waals surface area contributed by atoms with E-state index >= 15 is 0 Å². The smallest absolute Gasteiger partial charge is 0.186 e. The molecule has 3 rings (SSSR count). The van der Waals surface area contributed by atoms with Crippen molar-refractivity contribution in [2.24, 2.45) is 0 Å². The van der Waals surface area contributed by atoms with Crippen LogP contribution in [-0.2, 0) is 16.5 Å². The monoisotopic (exact) mass is 366 g/mol. The second-order valence-corrected chi connectivity index (χ2v) is 7.24. The minimum atomic E-state index is -2.44. The van der Waals surface area contributed by atoms with Gasteiger partial charge >= 0.3 is 0 Å². The fraction of sp³-hybridized carbons (Fsp3) is 0.211. The van der Waals surface area contributed by atoms with Gasteiger partial charge in [0.25, 0.3) is 0 Å². The fourth-order valence-corrected chi connectivity index (χ4v) is 3.26. The number of nitrogens with zero attached hydrogens (tertiary/aromatic N) is 3. The predicted molar refractivity (Wildman–Crippen MR) is 102 cm³/mol. The van der Waals surface area contributed by atoms with Crippen LogP contribution in [0.2, 0.25) is 0 Å². The van der Waals surface area contributed by atoms with Crippen molar-refractivity contribution in [2.45, 2.75) is 25.6 Å². The van der Waals surface area contributed by atoms with Crippen molar-refractivity contribution in [1.29, 1.82) is 5.26 Å². The highest BCUT2D eigenvalue weighted by Gasteiger charge is 2.12. The fourth-order valence-electron chi connectivity index (χ4n) is 2.75. The molecule has 1 heterocycles. The number of anilines is 1. The largest absolute Gasteiger partial charge is 0.380 e. The van der Waals surface area contributed by atoms with Gasteiger partial charge in [-0.15, -0.1) is 10.2 Å². The Labute approximate surface area is 153 Å². The molecule has 0 fully saturated rings. The average Bonchev–Trinajstić information content (AvgIpc) is 2.61. The molecule has 0 spiro atoms. The Hall–Kier alpha value is -2.98. The number of hydrogen-bond donors (Lipinski definition) is 2. The molecule has 1 N–H and O–H groups in total. The summed E-state index contributed by atoms with van der Waals surface area (Å²) in [7, 11) is -2.44. The molecule has 3 aromatic rings. The Morgan fingerprint density at radius 1 is 1.08 bits per heavy atom. The maximum Gasteiger partial charge on any atom is 0.186 e. The minimum absolute atomic E-state index is 0.0386. The summed E-state index contributed by atoms with van der Waals surface area (Å²) in [6.45, 7) is 3.99. The summed E-state index contributed by atoms with van der Waals surface area (Å²) in [6, 6.07) is 15.4. The predicted octanol–water partition coefficient (Wildman–Crippen LogP) is 3.10. The van der Waals surface area contributed by atoms with Crippen LogP contribution in [0.15, 0.2) is 42.5 Å². The van der Waals surface area contributed by atoms with E-state index in [9.17, 15) is 13.7 Å². The minimum Gasteiger partial charge on any atom is -0.380 e. The SMILES string of the molecule is CC(C)Nc1c(C#N)nnc2ccc(-c3ccc(C[SH](=O)=O)cc3)cc12. The van der Waals surface area contributed by atoms with E-state index in [-0.39, 0.29) is 17.5 Å². The lowest BCUT2D eigenvalue weighted by Crippen LogP contribution is -2.12. The molecule has 0 atom stereocenters. The standard InChI is InChI=1S/C19H18N4O2S/c1-12(2)21-19-16-9-15(7-8-17(16)22-23-18(19)10-20)14-5-3-13(4-6-14)11-26(24)25/h3-9,12,26H,11H2,1-2H3,(H,21,22). The summed E-state index contributed by atoms with van der Waals surface area (Å²) < 4.78 is 21.7. The summed E-state index contributed by atoms with van der Waals surface area (Å²) in [5.41, 5.74) is 4.32. The quantitative estimate of drug-likeness (QED) is 0.674. The van der Waals surface area contributed by atoms with Gasteiger partial charge in [0, 0.05) is 11.4 Å². The molecule has 0 aliphatic heterocycles. The van der Waals surface area contributed by atoms with Crippen LogP contribution in [0, 0.1) is 11.3 Å². The third-order valence-corrected chi connectivity index (χ3v) is 4.52. The van der Waals surface area contributed by atoms with Gasteiger partial charge in [0.1, 0.15) is 16.8 Å². The summed E-state index contributed by atoms with van der Waals surface area (Å²) in [5, 5.41) is 21.6. The van der Waals surface area contributed by atoms with E-state index in [1.807, 2.05) is 56.3 Å². The second kappa shape index (κ2) is 7.50. The number of aromatic nitrogens is 2. The van der Waals surface area contributed by atoms with Crippen LogP contribution in [0.4, 0.5) is 5.69 Å². The topological polar surface area (TPSA) is 95.7 Å². The van der Waals surface area contributed by atoms with Gasteiger partial charge in [-0.05, 0) is 42.7 Å². The molecular weight excluding hydrogens is 348 g/mol. The first-order chi connectivity index (χ1) is 12.5. The highest BCUT2D eigenvalue weighted by molar-refractivity contribution is 7.71. The molecule has 0 radical (unpaired) electrons. The molecule has 0 unspecified atom stereocenters. The van der Waals surface area contributed by atoms with Crippen molar-refractivity contribution in [3.8, 4) is 17.2 Å². The molecule has 0 aliphatic carbocycles. The highest BCUT2D eigenvalue weighted by atomic mass is 32.2. The van der Waals surface area contributed by atoms with E-state index < -0.39 is 10.7 Å². The molecule has 0 saturated carbocycles. The van der Waals surface area contributed by atoms with Gasteiger partial charge in [-0.2, -0.15) is 5.26 Å². The van der Waals surface area contributed by atoms with Crippen molar-refractivity contribution in [3.63, 3.8) is 0 Å². The highest BCUT2D eigenvalue weighted by Crippen LogP contribution is 2.30. The van der Waals surface area contributed by atoms with Crippen molar-refractivity contribution in [1.82, 2.24) is 10.2 Å². The van der Waals surface area contributed by atoms with Gasteiger partial charge in [-0.1, -0.05) is 30.3 Å². The molecule has 2 aromatic carbocycles. The van der Waals surface area contributed by atoms with Gasteiger partial charge in [-0.3, -0.25) is 0 Å². The zero-order chi connectivity index (χ0) is 18.7. The molecule has 7 heteroatoms. The molecule has 1 aromatic heterocycles. The number of thiol groups is 1. The zero-order valence-corrected chi connectivity index (χ0v) is 15.3. The normalized spacial score (nSPS) is 11.0. The number of nitrogens with one attached hydrogen (secondary N) is 1. The molecule has 26 heavy (non-hydrogen) atoms. The number of benzene rings is 2. The van der Waals surface area contributed by atoms with E-state index in [0.717, 1.165) is 22.1 Å². The van der Waals surface area contributed by atoms with Crippen molar-refractivity contribution < 1.29 is 8.42 Å². The first-order valence-corrected chi connectivity index (χ1v) is 9.52. The van der Waals surface area contributed by atoms with Gasteiger partial charge in [0.05, 0.1) is 17.0 Å². The lowest BCUT2D eigenvalue weighted by molar-refractivity contribution is 0.614.